The number of nitrogens with zero attached hydrogens (tertiary/aromatic N) is 1. The van der Waals surface area contributed by atoms with Crippen LogP contribution < -0.4 is 9.57 Å². The highest BCUT2D eigenvalue weighted by Crippen LogP contribution is 2.26. The van der Waals surface area contributed by atoms with E-state index in [0.717, 1.165) is 16.1 Å². The summed E-state index contributed by atoms with van der Waals surface area (Å²) in [5, 5.41) is 1.09. The molecule has 0 aromatic heterocycles. The molecule has 2 aromatic carbocycles. The summed E-state index contributed by atoms with van der Waals surface area (Å²) in [6.45, 7) is 2.00. The van der Waals surface area contributed by atoms with Crippen LogP contribution in [-0.2, 0) is 16.6 Å². The number of carbonyl (C=O) groups is 1. The van der Waals surface area contributed by atoms with Crippen molar-refractivity contribution in [3.8, 4) is 5.75 Å². The van der Waals surface area contributed by atoms with Crippen molar-refractivity contribution in [1.82, 2.24) is 9.84 Å². The highest BCUT2D eigenvalue weighted by molar-refractivity contribution is 7.89. The summed E-state index contributed by atoms with van der Waals surface area (Å²) in [5.41, 5.74) is 1.88. The van der Waals surface area contributed by atoms with Crippen LogP contribution >= 0.6 is 0 Å². The van der Waals surface area contributed by atoms with Gasteiger partial charge in [-0.15, -0.1) is 4.83 Å². The van der Waals surface area contributed by atoms with Gasteiger partial charge < -0.3 is 4.74 Å². The number of rotatable bonds is 3. The van der Waals surface area contributed by atoms with E-state index in [1.165, 1.54) is 19.2 Å². The predicted molar refractivity (Wildman–Crippen MR) is 84.4 cm³/mol. The van der Waals surface area contributed by atoms with E-state index in [1.54, 1.807) is 18.2 Å². The van der Waals surface area contributed by atoms with Crippen molar-refractivity contribution in [2.45, 2.75) is 18.4 Å². The third-order valence-electron chi connectivity index (χ3n) is 3.65. The highest BCUT2D eigenvalue weighted by atomic mass is 32.2. The first-order valence-corrected chi connectivity index (χ1v) is 8.47. The van der Waals surface area contributed by atoms with Crippen LogP contribution in [0.15, 0.2) is 47.4 Å². The number of benzene rings is 2. The van der Waals surface area contributed by atoms with Gasteiger partial charge >= 0.3 is 0 Å². The summed E-state index contributed by atoms with van der Waals surface area (Å²) >= 11 is 0. The van der Waals surface area contributed by atoms with Gasteiger partial charge in [0.15, 0.2) is 0 Å². The molecule has 1 aliphatic rings. The molecule has 0 atom stereocenters. The summed E-state index contributed by atoms with van der Waals surface area (Å²) in [6.07, 6.45) is 0. The van der Waals surface area contributed by atoms with Crippen molar-refractivity contribution >= 4 is 15.9 Å². The maximum atomic E-state index is 12.6. The second-order valence-electron chi connectivity index (χ2n) is 5.30. The molecule has 3 rings (SSSR count). The monoisotopic (exact) mass is 332 g/mol. The van der Waals surface area contributed by atoms with Crippen molar-refractivity contribution in [2.24, 2.45) is 0 Å². The Morgan fingerprint density at radius 2 is 1.91 bits per heavy atom. The van der Waals surface area contributed by atoms with Gasteiger partial charge in [0.1, 0.15) is 5.75 Å². The molecule has 0 aliphatic carbocycles. The molecule has 0 radical (unpaired) electrons. The lowest BCUT2D eigenvalue weighted by Crippen LogP contribution is -2.49. The number of sulfonamides is 1. The van der Waals surface area contributed by atoms with Crippen LogP contribution in [0.3, 0.4) is 0 Å². The molecule has 0 unspecified atom stereocenters. The van der Waals surface area contributed by atoms with Gasteiger partial charge in [0.2, 0.25) is 0 Å². The number of hydrazine groups is 1. The smallest absolute Gasteiger partial charge is 0.270 e. The molecule has 2 aromatic rings. The van der Waals surface area contributed by atoms with Crippen LogP contribution in [0, 0.1) is 6.92 Å². The molecule has 1 N–H and O–H groups in total. The number of hydrogen-bond acceptors (Lipinski definition) is 4. The molecule has 0 bridgehead atoms. The normalized spacial score (nSPS) is 16.1. The average Bonchev–Trinajstić information content (AvgIpc) is 2.52. The van der Waals surface area contributed by atoms with E-state index in [0.29, 0.717) is 5.75 Å². The van der Waals surface area contributed by atoms with Crippen LogP contribution in [0.25, 0.3) is 0 Å². The maximum absolute atomic E-state index is 12.6. The first kappa shape index (κ1) is 15.5. The molecule has 23 heavy (non-hydrogen) atoms. The van der Waals surface area contributed by atoms with Gasteiger partial charge in [0.05, 0.1) is 24.1 Å². The van der Waals surface area contributed by atoms with E-state index >= 15 is 0 Å². The van der Waals surface area contributed by atoms with E-state index in [4.69, 9.17) is 4.74 Å². The van der Waals surface area contributed by atoms with Crippen molar-refractivity contribution < 1.29 is 17.9 Å². The van der Waals surface area contributed by atoms with Crippen LogP contribution in [0.1, 0.15) is 21.5 Å². The van der Waals surface area contributed by atoms with E-state index in [9.17, 15) is 13.2 Å². The topological polar surface area (TPSA) is 75.7 Å². The minimum absolute atomic E-state index is 0.00235. The number of carbonyl (C=O) groups excluding carboxylic acids is 1. The number of amides is 1. The lowest BCUT2D eigenvalue weighted by Gasteiger charge is -2.29. The zero-order valence-electron chi connectivity index (χ0n) is 12.7. The lowest BCUT2D eigenvalue weighted by atomic mass is 10.1. The Hall–Kier alpha value is -2.38. The van der Waals surface area contributed by atoms with Gasteiger partial charge in [-0.1, -0.05) is 29.8 Å². The Morgan fingerprint density at radius 3 is 2.65 bits per heavy atom. The lowest BCUT2D eigenvalue weighted by molar-refractivity contribution is 0.0686. The molecule has 0 spiro atoms. The number of fused-ring (bicyclic) bond motifs is 1. The Bertz CT molecular complexity index is 877. The van der Waals surface area contributed by atoms with Crippen molar-refractivity contribution in [1.29, 1.82) is 0 Å². The van der Waals surface area contributed by atoms with Crippen LogP contribution in [0.2, 0.25) is 0 Å². The quantitative estimate of drug-likeness (QED) is 0.931. The average molecular weight is 332 g/mol. The fraction of sp³-hybridized carbons (Fsp3) is 0.188. The van der Waals surface area contributed by atoms with Gasteiger partial charge in [-0.25, -0.2) is 8.42 Å². The Morgan fingerprint density at radius 1 is 1.17 bits per heavy atom. The molecule has 0 saturated carbocycles. The highest BCUT2D eigenvalue weighted by Gasteiger charge is 2.34. The predicted octanol–water partition coefficient (Wildman–Crippen LogP) is 1.85. The zero-order valence-corrected chi connectivity index (χ0v) is 13.6. The summed E-state index contributed by atoms with van der Waals surface area (Å²) in [6, 6.07) is 11.7. The molecule has 1 aliphatic heterocycles. The maximum Gasteiger partial charge on any atom is 0.270 e. The molecule has 0 saturated heterocycles. The Labute approximate surface area is 134 Å². The number of nitrogens with one attached hydrogen (secondary N) is 1. The van der Waals surface area contributed by atoms with Gasteiger partial charge in [0.25, 0.3) is 15.9 Å². The van der Waals surface area contributed by atoms with E-state index in [1.807, 2.05) is 19.1 Å². The van der Waals surface area contributed by atoms with Crippen molar-refractivity contribution in [3.63, 3.8) is 0 Å². The molecule has 1 heterocycles. The van der Waals surface area contributed by atoms with E-state index in [-0.39, 0.29) is 22.9 Å². The molecule has 0 fully saturated rings. The Balaban J connectivity index is 2.00. The molecule has 1 amide bonds. The standard InChI is InChI=1S/C16H16N2O4S/c1-11-7-8-14(22-2)12(9-11)10-18-16(19)13-5-3-4-6-15(13)23(20,21)17-18/h3-9,17H,10H2,1-2H3. The first-order valence-electron chi connectivity index (χ1n) is 6.99. The fourth-order valence-electron chi connectivity index (χ4n) is 2.56. The largest absolute Gasteiger partial charge is 0.496 e. The summed E-state index contributed by atoms with van der Waals surface area (Å²) in [5.74, 6) is 0.209. The number of ether oxygens (including phenoxy) is 1. The van der Waals surface area contributed by atoms with E-state index in [2.05, 4.69) is 4.83 Å². The zero-order chi connectivity index (χ0) is 16.6. The number of hydrogen-bond donors (Lipinski definition) is 1. The van der Waals surface area contributed by atoms with Crippen molar-refractivity contribution in [2.75, 3.05) is 7.11 Å². The van der Waals surface area contributed by atoms with Crippen LogP contribution in [0.5, 0.6) is 5.75 Å². The first-order chi connectivity index (χ1) is 10.9. The number of aryl methyl sites for hydroxylation is 1. The second kappa shape index (κ2) is 5.68. The van der Waals surface area contributed by atoms with Gasteiger partial charge in [0, 0.05) is 5.56 Å². The summed E-state index contributed by atoms with van der Waals surface area (Å²) < 4.78 is 29.9. The number of methoxy groups -OCH3 is 1. The minimum Gasteiger partial charge on any atom is -0.496 e. The van der Waals surface area contributed by atoms with Crippen LogP contribution in [-0.4, -0.2) is 26.4 Å². The molecule has 6 nitrogen and oxygen atoms in total. The summed E-state index contributed by atoms with van der Waals surface area (Å²) in [4.78, 5) is 14.9. The third kappa shape index (κ3) is 2.80. The second-order valence-corrected chi connectivity index (χ2v) is 6.93. The molecular weight excluding hydrogens is 316 g/mol. The molecular formula is C16H16N2O4S. The SMILES string of the molecule is COc1ccc(C)cc1CN1NS(=O)(=O)c2ccccc2C1=O. The summed E-state index contributed by atoms with van der Waals surface area (Å²) in [7, 11) is -2.23. The van der Waals surface area contributed by atoms with Crippen molar-refractivity contribution in [3.05, 3.63) is 59.2 Å². The third-order valence-corrected chi connectivity index (χ3v) is 5.04. The van der Waals surface area contributed by atoms with Gasteiger partial charge in [-0.05, 0) is 25.1 Å². The van der Waals surface area contributed by atoms with E-state index < -0.39 is 10.0 Å². The molecule has 7 heteroatoms. The molecule has 120 valence electrons. The fourth-order valence-corrected chi connectivity index (χ4v) is 3.80. The van der Waals surface area contributed by atoms with Gasteiger partial charge in [-0.2, -0.15) is 0 Å². The Kier molecular flexibility index (Phi) is 3.83. The minimum atomic E-state index is -3.76. The van der Waals surface area contributed by atoms with Crippen LogP contribution in [0.4, 0.5) is 0 Å². The van der Waals surface area contributed by atoms with Gasteiger partial charge in [-0.3, -0.25) is 9.80 Å².